The second kappa shape index (κ2) is 11.3. The van der Waals surface area contributed by atoms with Crippen molar-refractivity contribution in [3.63, 3.8) is 0 Å². The zero-order valence-corrected chi connectivity index (χ0v) is 25.6. The second-order valence-electron chi connectivity index (χ2n) is 9.80. The van der Waals surface area contributed by atoms with Crippen LogP contribution in [0.1, 0.15) is 21.9 Å². The van der Waals surface area contributed by atoms with E-state index < -0.39 is 63.7 Å². The van der Waals surface area contributed by atoms with Crippen molar-refractivity contribution in [2.24, 2.45) is 5.92 Å². The Balaban J connectivity index is 1.39. The molecule has 0 aliphatic carbocycles. The normalized spacial score (nSPS) is 19.7. The number of hydrogen-bond acceptors (Lipinski definition) is 6. The maximum Gasteiger partial charge on any atom is 0.418 e. The number of nitrogens with zero attached hydrogens (tertiary/aromatic N) is 2. The summed E-state index contributed by atoms with van der Waals surface area (Å²) in [4.78, 5) is 55.0. The average molecular weight is 709 g/mol. The minimum atomic E-state index is -4.70. The molecule has 1 saturated heterocycles. The smallest absolute Gasteiger partial charge is 0.324 e. The number of hydrogen-bond donors (Lipinski definition) is 1. The number of aromatic nitrogens is 1. The zero-order valence-electron chi connectivity index (χ0n) is 21.6. The van der Waals surface area contributed by atoms with Crippen molar-refractivity contribution in [1.82, 2.24) is 4.57 Å². The molecular formula is C29H18BrClF3N3O4S2. The van der Waals surface area contributed by atoms with E-state index >= 15 is 0 Å². The summed E-state index contributed by atoms with van der Waals surface area (Å²) in [6.45, 7) is -0.586. The Morgan fingerprint density at radius 3 is 2.30 bits per heavy atom. The summed E-state index contributed by atoms with van der Waals surface area (Å²) < 4.78 is 42.4. The molecule has 0 radical (unpaired) electrons. The lowest BCUT2D eigenvalue weighted by Gasteiger charge is -2.30. The van der Waals surface area contributed by atoms with Gasteiger partial charge in [-0.05, 0) is 54.1 Å². The average Bonchev–Trinajstić information content (AvgIpc) is 3.40. The molecule has 1 N–H and O–H groups in total. The summed E-state index contributed by atoms with van der Waals surface area (Å²) in [5.74, 6) is -3.29. The van der Waals surface area contributed by atoms with Crippen LogP contribution in [-0.4, -0.2) is 27.5 Å². The van der Waals surface area contributed by atoms with Gasteiger partial charge in [0.25, 0.3) is 0 Å². The van der Waals surface area contributed by atoms with Crippen molar-refractivity contribution in [3.05, 3.63) is 108 Å². The van der Waals surface area contributed by atoms with Crippen molar-refractivity contribution in [2.75, 3.05) is 10.2 Å². The summed E-state index contributed by atoms with van der Waals surface area (Å²) in [6.07, 6.45) is -4.70. The number of alkyl halides is 3. The highest BCUT2D eigenvalue weighted by molar-refractivity contribution is 9.10. The molecule has 3 heterocycles. The molecule has 3 aromatic carbocycles. The van der Waals surface area contributed by atoms with Crippen LogP contribution in [0.4, 0.5) is 24.5 Å². The number of benzene rings is 3. The lowest BCUT2D eigenvalue weighted by molar-refractivity contribution is -0.137. The first-order chi connectivity index (χ1) is 20.4. The molecular weight excluding hydrogens is 691 g/mol. The van der Waals surface area contributed by atoms with Gasteiger partial charge in [-0.2, -0.15) is 13.2 Å². The van der Waals surface area contributed by atoms with Crippen LogP contribution in [-0.2, 0) is 27.1 Å². The summed E-state index contributed by atoms with van der Waals surface area (Å²) in [6, 6.07) is 18.0. The molecule has 14 heteroatoms. The maximum absolute atomic E-state index is 13.9. The van der Waals surface area contributed by atoms with Crippen LogP contribution in [0.15, 0.2) is 87.1 Å². The van der Waals surface area contributed by atoms with E-state index in [4.69, 9.17) is 11.6 Å². The molecule has 0 spiro atoms. The number of fused-ring (bicyclic) bond motifs is 2. The van der Waals surface area contributed by atoms with Crippen molar-refractivity contribution in [1.29, 1.82) is 0 Å². The highest BCUT2D eigenvalue weighted by atomic mass is 79.9. The van der Waals surface area contributed by atoms with E-state index in [9.17, 15) is 32.3 Å². The van der Waals surface area contributed by atoms with E-state index in [-0.39, 0.29) is 0 Å². The third kappa shape index (κ3) is 5.43. The Hall–Kier alpha value is -3.39. The van der Waals surface area contributed by atoms with Crippen molar-refractivity contribution >= 4 is 79.7 Å². The third-order valence-corrected chi connectivity index (χ3v) is 10.6. The van der Waals surface area contributed by atoms with E-state index in [1.54, 1.807) is 48.5 Å². The first kappa shape index (κ1) is 29.7. The molecule has 220 valence electrons. The van der Waals surface area contributed by atoms with Gasteiger partial charge in [-0.3, -0.25) is 23.7 Å². The van der Waals surface area contributed by atoms with E-state index in [1.807, 2.05) is 0 Å². The molecule has 6 rings (SSSR count). The minimum absolute atomic E-state index is 0.322. The molecule has 3 amide bonds. The fraction of sp³-hybridized carbons (Fsp3) is 0.172. The monoisotopic (exact) mass is 707 g/mol. The first-order valence-corrected chi connectivity index (χ1v) is 15.6. The molecule has 0 saturated carbocycles. The largest absolute Gasteiger partial charge is 0.418 e. The summed E-state index contributed by atoms with van der Waals surface area (Å²) >= 11 is 11.3. The van der Waals surface area contributed by atoms with Gasteiger partial charge in [-0.1, -0.05) is 74.9 Å². The predicted molar refractivity (Wildman–Crippen MR) is 162 cm³/mol. The molecule has 3 atom stereocenters. The number of carbonyl (C=O) groups is 3. The first-order valence-electron chi connectivity index (χ1n) is 12.7. The van der Waals surface area contributed by atoms with Gasteiger partial charge in [0.1, 0.15) is 11.8 Å². The van der Waals surface area contributed by atoms with Gasteiger partial charge in [0.15, 0.2) is 0 Å². The zero-order chi connectivity index (χ0) is 30.6. The van der Waals surface area contributed by atoms with Crippen LogP contribution in [0.3, 0.4) is 0 Å². The topological polar surface area (TPSA) is 88.5 Å². The van der Waals surface area contributed by atoms with Crippen LogP contribution in [0.2, 0.25) is 5.02 Å². The van der Waals surface area contributed by atoms with Crippen LogP contribution in [0.5, 0.6) is 0 Å². The summed E-state index contributed by atoms with van der Waals surface area (Å²) in [5.41, 5.74) is -0.413. The number of amides is 3. The second-order valence-corrected chi connectivity index (χ2v) is 13.3. The fourth-order valence-corrected chi connectivity index (χ4v) is 8.47. The van der Waals surface area contributed by atoms with Gasteiger partial charge in [0, 0.05) is 20.3 Å². The lowest BCUT2D eigenvalue weighted by atomic mass is 9.83. The lowest BCUT2D eigenvalue weighted by Crippen LogP contribution is -2.33. The number of anilines is 2. The fourth-order valence-electron chi connectivity index (χ4n) is 5.30. The van der Waals surface area contributed by atoms with Crippen LogP contribution < -0.4 is 15.1 Å². The Bertz CT molecular complexity index is 1830. The van der Waals surface area contributed by atoms with Crippen molar-refractivity contribution in [3.8, 4) is 0 Å². The molecule has 2 unspecified atom stereocenters. The van der Waals surface area contributed by atoms with Gasteiger partial charge in [-0.25, -0.2) is 4.90 Å². The number of para-hydroxylation sites is 1. The number of thioether (sulfide) groups is 1. The van der Waals surface area contributed by atoms with Gasteiger partial charge in [0.2, 0.25) is 17.7 Å². The number of carbonyl (C=O) groups excluding carboxylic acids is 3. The van der Waals surface area contributed by atoms with Crippen LogP contribution in [0.25, 0.3) is 0 Å². The number of nitrogens with one attached hydrogen (secondary N) is 1. The minimum Gasteiger partial charge on any atom is -0.324 e. The van der Waals surface area contributed by atoms with Crippen molar-refractivity contribution in [2.45, 2.75) is 28.9 Å². The summed E-state index contributed by atoms with van der Waals surface area (Å²) in [5, 5.41) is 2.10. The third-order valence-electron chi connectivity index (χ3n) is 7.17. The molecule has 1 fully saturated rings. The standard InChI is InChI=1S/C29H18BrClF3N3O4S2/c30-15-7-5-14(6-8-15)21-22-23(26(40)37(25(22)39)17-11-9-16(31)10-12-17)42-27-24(21)43-28(41)36(27)13-20(38)35-19-4-2-1-3-18(19)29(32,33)34/h1-12,21-23H,13H2,(H,35,38)/t21-,22?,23?/m1/s1. The van der Waals surface area contributed by atoms with E-state index in [2.05, 4.69) is 21.2 Å². The highest BCUT2D eigenvalue weighted by Crippen LogP contribution is 2.54. The summed E-state index contributed by atoms with van der Waals surface area (Å²) in [7, 11) is 0. The number of imide groups is 1. The predicted octanol–water partition coefficient (Wildman–Crippen LogP) is 6.78. The Kier molecular flexibility index (Phi) is 7.78. The maximum atomic E-state index is 13.9. The van der Waals surface area contributed by atoms with Gasteiger partial charge in [0.05, 0.1) is 27.9 Å². The van der Waals surface area contributed by atoms with Crippen molar-refractivity contribution < 1.29 is 27.6 Å². The highest BCUT2D eigenvalue weighted by Gasteiger charge is 2.56. The van der Waals surface area contributed by atoms with Crippen LogP contribution >= 0.6 is 50.6 Å². The molecule has 2 aliphatic rings. The van der Waals surface area contributed by atoms with Crippen LogP contribution in [0, 0.1) is 5.92 Å². The molecule has 4 aromatic rings. The number of halogens is 5. The SMILES string of the molecule is O=C(Cn1c2c(sc1=O)[C@H](c1ccc(Br)cc1)C1C(=O)N(c3ccc(Cl)cc3)C(=O)C1S2)Nc1ccccc1C(F)(F)F. The Morgan fingerprint density at radius 2 is 1.63 bits per heavy atom. The molecule has 43 heavy (non-hydrogen) atoms. The quantitative estimate of drug-likeness (QED) is 0.231. The number of rotatable bonds is 5. The van der Waals surface area contributed by atoms with E-state index in [0.717, 1.165) is 49.2 Å². The van der Waals surface area contributed by atoms with E-state index in [1.165, 1.54) is 12.1 Å². The molecule has 0 bridgehead atoms. The Labute approximate surface area is 263 Å². The van der Waals surface area contributed by atoms with Gasteiger partial charge < -0.3 is 5.32 Å². The van der Waals surface area contributed by atoms with E-state index in [0.29, 0.717) is 26.2 Å². The Morgan fingerprint density at radius 1 is 0.953 bits per heavy atom. The number of thiazole rings is 1. The van der Waals surface area contributed by atoms with Gasteiger partial charge >= 0.3 is 11.0 Å². The van der Waals surface area contributed by atoms with Gasteiger partial charge in [-0.15, -0.1) is 0 Å². The molecule has 2 aliphatic heterocycles. The molecule has 1 aromatic heterocycles. The molecule has 7 nitrogen and oxygen atoms in total.